The van der Waals surface area contributed by atoms with Gasteiger partial charge in [0.05, 0.1) is 30.1 Å². The first-order valence-corrected chi connectivity index (χ1v) is 11.9. The van der Waals surface area contributed by atoms with Gasteiger partial charge in [0.25, 0.3) is 11.8 Å². The van der Waals surface area contributed by atoms with Gasteiger partial charge in [-0.2, -0.15) is 5.10 Å². The third-order valence-corrected chi connectivity index (χ3v) is 6.65. The minimum atomic E-state index is -1.63. The van der Waals surface area contributed by atoms with Crippen LogP contribution in [0.15, 0.2) is 36.8 Å². The predicted molar refractivity (Wildman–Crippen MR) is 128 cm³/mol. The minimum Gasteiger partial charge on any atom is -0.488 e. The lowest BCUT2D eigenvalue weighted by Crippen LogP contribution is -2.42. The van der Waals surface area contributed by atoms with E-state index in [1.807, 2.05) is 0 Å². The molecule has 3 atom stereocenters. The Bertz CT molecular complexity index is 1320. The van der Waals surface area contributed by atoms with Gasteiger partial charge in [0.1, 0.15) is 23.6 Å². The first kappa shape index (κ1) is 24.1. The number of alkyl halides is 1. The highest BCUT2D eigenvalue weighted by Crippen LogP contribution is 2.37. The van der Waals surface area contributed by atoms with E-state index in [-0.39, 0.29) is 30.7 Å². The van der Waals surface area contributed by atoms with Crippen molar-refractivity contribution >= 4 is 23.1 Å². The maximum Gasteiger partial charge on any atom is 0.261 e. The normalized spacial score (nSPS) is 20.6. The molecule has 0 saturated heterocycles. The highest BCUT2D eigenvalue weighted by molar-refractivity contribution is 6.09. The lowest BCUT2D eigenvalue weighted by atomic mass is 10.0. The zero-order valence-corrected chi connectivity index (χ0v) is 20.0. The summed E-state index contributed by atoms with van der Waals surface area (Å²) in [5, 5.41) is 26.9. The number of hydrogen-bond acceptors (Lipinski definition) is 7. The third kappa shape index (κ3) is 4.63. The van der Waals surface area contributed by atoms with Crippen molar-refractivity contribution in [1.29, 1.82) is 0 Å². The summed E-state index contributed by atoms with van der Waals surface area (Å²) < 4.78 is 22.1. The Hall–Kier alpha value is -3.57. The molecule has 1 saturated carbocycles. The number of amides is 2. The van der Waals surface area contributed by atoms with E-state index in [4.69, 9.17) is 4.74 Å². The van der Waals surface area contributed by atoms with Gasteiger partial charge < -0.3 is 25.2 Å². The van der Waals surface area contributed by atoms with Crippen molar-refractivity contribution in [2.45, 2.75) is 63.6 Å². The molecule has 0 bridgehead atoms. The van der Waals surface area contributed by atoms with E-state index < -0.39 is 23.8 Å². The van der Waals surface area contributed by atoms with Crippen LogP contribution in [-0.4, -0.2) is 72.1 Å². The Morgan fingerprint density at radius 2 is 2.17 bits per heavy atom. The van der Waals surface area contributed by atoms with Gasteiger partial charge in [-0.3, -0.25) is 9.59 Å². The number of nitrogens with zero attached hydrogens (tertiary/aromatic N) is 4. The van der Waals surface area contributed by atoms with E-state index in [1.54, 1.807) is 30.6 Å². The van der Waals surface area contributed by atoms with Crippen molar-refractivity contribution in [3.05, 3.63) is 53.5 Å². The molecule has 0 spiro atoms. The van der Waals surface area contributed by atoms with Crippen LogP contribution in [0.25, 0.3) is 5.65 Å². The summed E-state index contributed by atoms with van der Waals surface area (Å²) in [6, 6.07) is 4.92. The van der Waals surface area contributed by atoms with Gasteiger partial charge in [-0.15, -0.1) is 0 Å². The van der Waals surface area contributed by atoms with Gasteiger partial charge in [0, 0.05) is 30.9 Å². The fraction of sp³-hybridized carbons (Fsp3) is 0.440. The maximum atomic E-state index is 14.5. The fourth-order valence-electron chi connectivity index (χ4n) is 4.54. The Balaban J connectivity index is 1.45. The summed E-state index contributed by atoms with van der Waals surface area (Å²) in [6.45, 7) is 2.58. The highest BCUT2D eigenvalue weighted by Gasteiger charge is 2.36. The van der Waals surface area contributed by atoms with Crippen LogP contribution >= 0.6 is 0 Å². The lowest BCUT2D eigenvalue weighted by Gasteiger charge is -2.26. The van der Waals surface area contributed by atoms with Crippen LogP contribution in [0.5, 0.6) is 5.75 Å². The molecule has 1 aliphatic heterocycles. The molecule has 11 heteroatoms. The standard InChI is InChI=1S/C25H28FN5O5/c1-25(2,35)21(26)13-30-12-14-8-19(29-23(33)18-11-28-31-7-3-6-27-22(18)31)20(10-17(14)24(30)34)36-16-5-4-15(32)9-16/h3,6-8,10-11,15-16,21,32,35H,4-5,9,12-13H2,1-2H3,(H,29,33)/t15-,16-,21-/m1/s1. The van der Waals surface area contributed by atoms with E-state index in [0.717, 1.165) is 0 Å². The fourth-order valence-corrected chi connectivity index (χ4v) is 4.54. The van der Waals surface area contributed by atoms with Crippen molar-refractivity contribution in [3.8, 4) is 5.75 Å². The summed E-state index contributed by atoms with van der Waals surface area (Å²) in [7, 11) is 0. The number of aliphatic hydroxyl groups excluding tert-OH is 1. The molecule has 1 aromatic carbocycles. The van der Waals surface area contributed by atoms with Crippen LogP contribution in [0.1, 0.15) is 59.4 Å². The van der Waals surface area contributed by atoms with E-state index in [0.29, 0.717) is 47.5 Å². The molecule has 2 aliphatic rings. The van der Waals surface area contributed by atoms with Gasteiger partial charge in [0.15, 0.2) is 5.65 Å². The summed E-state index contributed by atoms with van der Waals surface area (Å²) in [5.74, 6) is -0.537. The van der Waals surface area contributed by atoms with Gasteiger partial charge >= 0.3 is 0 Å². The van der Waals surface area contributed by atoms with Crippen LogP contribution in [0.4, 0.5) is 10.1 Å². The highest BCUT2D eigenvalue weighted by atomic mass is 19.1. The molecule has 3 heterocycles. The van der Waals surface area contributed by atoms with Crippen molar-refractivity contribution in [1.82, 2.24) is 19.5 Å². The van der Waals surface area contributed by atoms with Crippen LogP contribution in [-0.2, 0) is 6.54 Å². The van der Waals surface area contributed by atoms with Crippen LogP contribution in [0.3, 0.4) is 0 Å². The molecule has 10 nitrogen and oxygen atoms in total. The number of aliphatic hydroxyl groups is 2. The average molecular weight is 498 g/mol. The minimum absolute atomic E-state index is 0.133. The second kappa shape index (κ2) is 9.14. The summed E-state index contributed by atoms with van der Waals surface area (Å²) >= 11 is 0. The second-order valence-electron chi connectivity index (χ2n) is 9.92. The molecule has 2 amide bonds. The molecule has 1 aliphatic carbocycles. The lowest BCUT2D eigenvalue weighted by molar-refractivity contribution is -0.0159. The Kier molecular flexibility index (Phi) is 6.13. The number of aromatic nitrogens is 3. The van der Waals surface area contributed by atoms with E-state index in [1.165, 1.54) is 29.5 Å². The SMILES string of the molecule is CC(C)(O)[C@H](F)CN1Cc2cc(NC(=O)c3cnn4cccnc34)c(O[C@@H]3CC[C@@H](O)C3)cc2C1=O. The van der Waals surface area contributed by atoms with Gasteiger partial charge in [-0.05, 0) is 50.5 Å². The molecule has 36 heavy (non-hydrogen) atoms. The number of carbonyl (C=O) groups excluding carboxylic acids is 2. The first-order valence-electron chi connectivity index (χ1n) is 11.9. The molecule has 3 aromatic rings. The molecule has 5 rings (SSSR count). The third-order valence-electron chi connectivity index (χ3n) is 6.65. The van der Waals surface area contributed by atoms with E-state index in [9.17, 15) is 24.2 Å². The molecular weight excluding hydrogens is 469 g/mol. The van der Waals surface area contributed by atoms with Crippen LogP contribution < -0.4 is 10.1 Å². The molecule has 3 N–H and O–H groups in total. The Morgan fingerprint density at radius 3 is 2.89 bits per heavy atom. The number of halogens is 1. The number of fused-ring (bicyclic) bond motifs is 2. The van der Waals surface area contributed by atoms with Gasteiger partial charge in [-0.1, -0.05) is 0 Å². The van der Waals surface area contributed by atoms with Gasteiger partial charge in [0.2, 0.25) is 0 Å². The molecule has 0 unspecified atom stereocenters. The number of hydrogen-bond donors (Lipinski definition) is 3. The molecule has 1 fully saturated rings. The van der Waals surface area contributed by atoms with Gasteiger partial charge in [-0.25, -0.2) is 13.9 Å². The quantitative estimate of drug-likeness (QED) is 0.457. The number of rotatable bonds is 7. The summed E-state index contributed by atoms with van der Waals surface area (Å²) in [6.07, 6.45) is 3.98. The van der Waals surface area contributed by atoms with Crippen LogP contribution in [0, 0.1) is 0 Å². The van der Waals surface area contributed by atoms with Crippen molar-refractivity contribution < 1.29 is 28.9 Å². The van der Waals surface area contributed by atoms with E-state index >= 15 is 0 Å². The number of anilines is 1. The molecular formula is C25H28FN5O5. The van der Waals surface area contributed by atoms with Crippen molar-refractivity contribution in [2.24, 2.45) is 0 Å². The average Bonchev–Trinajstić information content (AvgIpc) is 3.51. The number of benzene rings is 1. The number of nitrogens with one attached hydrogen (secondary N) is 1. The second-order valence-corrected chi connectivity index (χ2v) is 9.92. The molecule has 190 valence electrons. The molecule has 2 aromatic heterocycles. The summed E-state index contributed by atoms with van der Waals surface area (Å²) in [5.41, 5.74) is 0.372. The zero-order chi connectivity index (χ0) is 25.6. The Morgan fingerprint density at radius 1 is 1.36 bits per heavy atom. The van der Waals surface area contributed by atoms with Crippen molar-refractivity contribution in [3.63, 3.8) is 0 Å². The zero-order valence-electron chi connectivity index (χ0n) is 20.0. The largest absolute Gasteiger partial charge is 0.488 e. The van der Waals surface area contributed by atoms with E-state index in [2.05, 4.69) is 15.4 Å². The maximum absolute atomic E-state index is 14.5. The summed E-state index contributed by atoms with van der Waals surface area (Å²) in [4.78, 5) is 31.8. The topological polar surface area (TPSA) is 129 Å². The monoisotopic (exact) mass is 497 g/mol. The van der Waals surface area contributed by atoms with Crippen molar-refractivity contribution in [2.75, 3.05) is 11.9 Å². The molecule has 0 radical (unpaired) electrons. The first-order chi connectivity index (χ1) is 17.1. The Labute approximate surface area is 206 Å². The van der Waals surface area contributed by atoms with Crippen LogP contribution in [0.2, 0.25) is 0 Å². The number of carbonyl (C=O) groups is 2. The predicted octanol–water partition coefficient (Wildman–Crippen LogP) is 2.34. The smallest absolute Gasteiger partial charge is 0.261 e. The number of ether oxygens (including phenoxy) is 1.